The highest BCUT2D eigenvalue weighted by molar-refractivity contribution is 7.97. The van der Waals surface area contributed by atoms with Crippen LogP contribution >= 0.6 is 0 Å². The Kier molecular flexibility index (Phi) is 8.20. The summed E-state index contributed by atoms with van der Waals surface area (Å²) in [7, 11) is -0.244. The first-order valence-corrected chi connectivity index (χ1v) is 16.5. The largest absolute Gasteiger partial charge is 0.509 e. The highest BCUT2D eigenvalue weighted by Gasteiger charge is 2.60. The van der Waals surface area contributed by atoms with Crippen molar-refractivity contribution in [3.8, 4) is 5.75 Å². The fourth-order valence-electron chi connectivity index (χ4n) is 7.71. The molecule has 4 fully saturated rings. The van der Waals surface area contributed by atoms with Crippen molar-refractivity contribution in [2.45, 2.75) is 85.2 Å². The van der Waals surface area contributed by atoms with Crippen LogP contribution in [0, 0.1) is 17.3 Å². The van der Waals surface area contributed by atoms with Gasteiger partial charge in [-0.1, -0.05) is 36.4 Å². The second kappa shape index (κ2) is 11.9. The van der Waals surface area contributed by atoms with E-state index in [-0.39, 0.29) is 28.9 Å². The fourth-order valence-corrected chi connectivity index (χ4v) is 9.79. The number of ether oxygens (including phenoxy) is 4. The summed E-state index contributed by atoms with van der Waals surface area (Å²) in [6.45, 7) is 5.72. The lowest BCUT2D eigenvalue weighted by Gasteiger charge is -2.60. The molecule has 4 bridgehead atoms. The summed E-state index contributed by atoms with van der Waals surface area (Å²) in [5.74, 6) is 1.21. The van der Waals surface area contributed by atoms with Crippen molar-refractivity contribution < 1.29 is 28.5 Å². The normalized spacial score (nSPS) is 25.8. The van der Waals surface area contributed by atoms with Gasteiger partial charge in [0.25, 0.3) is 0 Å². The SMILES string of the molecule is CC(C)(C)OC(=O)OC12CC3CC(CC(COC(=O)COc4ccc([S+](c5ccccc5)c5ccccc5)cc4)(C3)C1)C2. The smallest absolute Gasteiger partial charge is 0.482 e. The van der Waals surface area contributed by atoms with Crippen LogP contribution < -0.4 is 4.74 Å². The van der Waals surface area contributed by atoms with Gasteiger partial charge in [-0.05, 0) is 120 Å². The molecule has 6 nitrogen and oxygen atoms in total. The third-order valence-electron chi connectivity index (χ3n) is 8.73. The van der Waals surface area contributed by atoms with Gasteiger partial charge in [-0.25, -0.2) is 9.59 Å². The maximum atomic E-state index is 12.8. The van der Waals surface area contributed by atoms with Gasteiger partial charge in [0.2, 0.25) is 0 Å². The van der Waals surface area contributed by atoms with Gasteiger partial charge in [0, 0.05) is 5.41 Å². The fraction of sp³-hybridized carbons (Fsp3) is 0.444. The van der Waals surface area contributed by atoms with Gasteiger partial charge in [0.1, 0.15) is 17.0 Å². The molecule has 0 amide bonds. The summed E-state index contributed by atoms with van der Waals surface area (Å²) in [5, 5.41) is 0. The number of carbonyl (C=O) groups excluding carboxylic acids is 2. The van der Waals surface area contributed by atoms with E-state index < -0.39 is 17.4 Å². The summed E-state index contributed by atoms with van der Waals surface area (Å²) in [5.41, 5.74) is -1.28. The zero-order valence-corrected chi connectivity index (χ0v) is 26.1. The molecule has 7 rings (SSSR count). The number of rotatable bonds is 9. The van der Waals surface area contributed by atoms with Gasteiger partial charge >= 0.3 is 12.1 Å². The first-order chi connectivity index (χ1) is 20.6. The molecular weight excluding hydrogens is 560 g/mol. The summed E-state index contributed by atoms with van der Waals surface area (Å²) in [6.07, 6.45) is 5.02. The van der Waals surface area contributed by atoms with Crippen molar-refractivity contribution >= 4 is 23.0 Å². The Morgan fingerprint density at radius 3 is 1.91 bits per heavy atom. The minimum atomic E-state index is -0.598. The van der Waals surface area contributed by atoms with E-state index in [0.29, 0.717) is 30.6 Å². The predicted octanol–water partition coefficient (Wildman–Crippen LogP) is 7.99. The number of hydrogen-bond acceptors (Lipinski definition) is 6. The van der Waals surface area contributed by atoms with E-state index >= 15 is 0 Å². The van der Waals surface area contributed by atoms with Crippen LogP contribution in [-0.2, 0) is 29.9 Å². The van der Waals surface area contributed by atoms with Crippen molar-refractivity contribution in [1.29, 1.82) is 0 Å². The number of hydrogen-bond donors (Lipinski definition) is 0. The van der Waals surface area contributed by atoms with Crippen molar-refractivity contribution in [1.82, 2.24) is 0 Å². The van der Waals surface area contributed by atoms with Crippen molar-refractivity contribution in [2.24, 2.45) is 17.3 Å². The van der Waals surface area contributed by atoms with Crippen LogP contribution in [0.3, 0.4) is 0 Å². The topological polar surface area (TPSA) is 71.1 Å². The van der Waals surface area contributed by atoms with Crippen LogP contribution in [0.25, 0.3) is 0 Å². The van der Waals surface area contributed by atoms with Gasteiger partial charge in [0.15, 0.2) is 21.3 Å². The van der Waals surface area contributed by atoms with E-state index in [9.17, 15) is 9.59 Å². The predicted molar refractivity (Wildman–Crippen MR) is 165 cm³/mol. The first-order valence-electron chi connectivity index (χ1n) is 15.2. The van der Waals surface area contributed by atoms with Gasteiger partial charge < -0.3 is 18.9 Å². The molecule has 0 saturated heterocycles. The third-order valence-corrected chi connectivity index (χ3v) is 11.0. The molecule has 7 heteroatoms. The molecule has 43 heavy (non-hydrogen) atoms. The molecular formula is C36H41O6S+. The molecule has 3 aromatic carbocycles. The summed E-state index contributed by atoms with van der Waals surface area (Å²) < 4.78 is 23.2. The van der Waals surface area contributed by atoms with Crippen molar-refractivity contribution in [3.05, 3.63) is 84.9 Å². The van der Waals surface area contributed by atoms with Crippen LogP contribution in [0.5, 0.6) is 5.75 Å². The molecule has 0 N–H and O–H groups in total. The van der Waals surface area contributed by atoms with Gasteiger partial charge in [-0.15, -0.1) is 0 Å². The van der Waals surface area contributed by atoms with E-state index in [1.54, 1.807) is 0 Å². The molecule has 0 aromatic heterocycles. The Morgan fingerprint density at radius 2 is 1.35 bits per heavy atom. The molecule has 4 aliphatic rings. The minimum Gasteiger partial charge on any atom is -0.482 e. The molecule has 2 atom stereocenters. The van der Waals surface area contributed by atoms with Gasteiger partial charge in [-0.2, -0.15) is 0 Å². The Morgan fingerprint density at radius 1 is 0.791 bits per heavy atom. The second-order valence-electron chi connectivity index (χ2n) is 13.6. The highest BCUT2D eigenvalue weighted by Crippen LogP contribution is 2.63. The molecule has 4 saturated carbocycles. The van der Waals surface area contributed by atoms with E-state index in [2.05, 4.69) is 60.7 Å². The molecule has 0 spiro atoms. The van der Waals surface area contributed by atoms with Crippen LogP contribution in [0.4, 0.5) is 4.79 Å². The molecule has 0 aliphatic heterocycles. The summed E-state index contributed by atoms with van der Waals surface area (Å²) >= 11 is 0. The van der Waals surface area contributed by atoms with Crippen LogP contribution in [-0.4, -0.2) is 36.5 Å². The lowest BCUT2D eigenvalue weighted by molar-refractivity contribution is -0.196. The lowest BCUT2D eigenvalue weighted by Crippen LogP contribution is -2.59. The third kappa shape index (κ3) is 7.04. The van der Waals surface area contributed by atoms with Gasteiger partial charge in [-0.3, -0.25) is 0 Å². The number of esters is 1. The average Bonchev–Trinajstić information content (AvgIpc) is 2.95. The van der Waals surface area contributed by atoms with Crippen molar-refractivity contribution in [3.63, 3.8) is 0 Å². The van der Waals surface area contributed by atoms with E-state index in [1.165, 1.54) is 14.7 Å². The Labute approximate surface area is 257 Å². The standard InChI is InChI=1S/C36H41O6S/c1-34(2,3)41-33(38)42-36-21-26-18-27(22-36)20-35(19-26,24-36)25-40-32(37)23-39-28-14-16-31(17-15-28)43(29-10-6-4-7-11-29)30-12-8-5-9-13-30/h4-17,26-27H,18-25H2,1-3H3/q+1. The Balaban J connectivity index is 1.05. The van der Waals surface area contributed by atoms with E-state index in [0.717, 1.165) is 32.1 Å². The summed E-state index contributed by atoms with van der Waals surface area (Å²) in [6, 6.07) is 29.0. The van der Waals surface area contributed by atoms with E-state index in [1.807, 2.05) is 45.0 Å². The average molecular weight is 602 g/mol. The number of benzene rings is 3. The molecule has 2 unspecified atom stereocenters. The maximum absolute atomic E-state index is 12.8. The minimum absolute atomic E-state index is 0.148. The molecule has 0 heterocycles. The molecule has 4 aliphatic carbocycles. The molecule has 3 aromatic rings. The van der Waals surface area contributed by atoms with Crippen LogP contribution in [0.1, 0.15) is 59.3 Å². The monoisotopic (exact) mass is 601 g/mol. The number of carbonyl (C=O) groups is 2. The second-order valence-corrected chi connectivity index (χ2v) is 15.6. The zero-order chi connectivity index (χ0) is 30.1. The Bertz CT molecular complexity index is 1360. The van der Waals surface area contributed by atoms with Crippen molar-refractivity contribution in [2.75, 3.05) is 13.2 Å². The van der Waals surface area contributed by atoms with Crippen LogP contribution in [0.15, 0.2) is 99.6 Å². The Hall–Kier alpha value is -3.45. The molecule has 226 valence electrons. The van der Waals surface area contributed by atoms with E-state index in [4.69, 9.17) is 18.9 Å². The quantitative estimate of drug-likeness (QED) is 0.183. The lowest BCUT2D eigenvalue weighted by atomic mass is 9.48. The molecule has 0 radical (unpaired) electrons. The first kappa shape index (κ1) is 29.6. The summed E-state index contributed by atoms with van der Waals surface area (Å²) in [4.78, 5) is 29.1. The van der Waals surface area contributed by atoms with Crippen LogP contribution in [0.2, 0.25) is 0 Å². The van der Waals surface area contributed by atoms with Gasteiger partial charge in [0.05, 0.1) is 17.5 Å². The zero-order valence-electron chi connectivity index (χ0n) is 25.3. The maximum Gasteiger partial charge on any atom is 0.509 e. The highest BCUT2D eigenvalue weighted by atomic mass is 32.2.